The third-order valence-electron chi connectivity index (χ3n) is 5.34. The summed E-state index contributed by atoms with van der Waals surface area (Å²) in [5.74, 6) is 0.515. The van der Waals surface area contributed by atoms with Crippen LogP contribution in [0.3, 0.4) is 0 Å². The Bertz CT molecular complexity index is 419. The molecule has 3 fully saturated rings. The van der Waals surface area contributed by atoms with Crippen LogP contribution < -0.4 is 0 Å². The second-order valence-electron chi connectivity index (χ2n) is 5.86. The van der Waals surface area contributed by atoms with Gasteiger partial charge in [0.2, 0.25) is 10.0 Å². The number of hydrogen-bond donors (Lipinski definition) is 0. The largest absolute Gasteiger partial charge is 0.241 e. The molecule has 0 aromatic rings. The highest BCUT2D eigenvalue weighted by atomic mass is 32.2. The lowest BCUT2D eigenvalue weighted by molar-refractivity contribution is 0.0239. The lowest BCUT2D eigenvalue weighted by Gasteiger charge is -2.36. The van der Waals surface area contributed by atoms with Gasteiger partial charge in [-0.1, -0.05) is 13.8 Å². The number of nitrogens with zero attached hydrogens (tertiary/aromatic N) is 1. The molecule has 0 aromatic carbocycles. The van der Waals surface area contributed by atoms with Gasteiger partial charge in [-0.05, 0) is 35.1 Å². The van der Waals surface area contributed by atoms with Gasteiger partial charge in [-0.15, -0.1) is 4.48 Å². The minimum Gasteiger partial charge on any atom is -0.210 e. The Balaban J connectivity index is 2.16. The standard InChI is InChI=1S/C10H16FNO2S/c1-9(2)7-3-4-10(9)6-15(13,14)12(11)8(10)5-7/h7-8H,3-6H2,1-2H3/t7-,8-,10-/m1/s1. The molecule has 3 aliphatic rings. The van der Waals surface area contributed by atoms with Crippen molar-refractivity contribution in [2.75, 3.05) is 5.75 Å². The monoisotopic (exact) mass is 233 g/mol. The highest BCUT2D eigenvalue weighted by molar-refractivity contribution is 7.89. The maximum atomic E-state index is 13.7. The van der Waals surface area contributed by atoms with Gasteiger partial charge in [0.15, 0.2) is 0 Å². The third kappa shape index (κ3) is 0.884. The van der Waals surface area contributed by atoms with Crippen molar-refractivity contribution < 1.29 is 12.9 Å². The zero-order chi connectivity index (χ0) is 11.1. The number of sulfonamides is 1. The molecular formula is C10H16FNO2S. The molecule has 0 amide bonds. The topological polar surface area (TPSA) is 37.4 Å². The van der Waals surface area contributed by atoms with E-state index in [1.165, 1.54) is 0 Å². The van der Waals surface area contributed by atoms with Crippen LogP contribution in [0.5, 0.6) is 0 Å². The molecule has 0 unspecified atom stereocenters. The van der Waals surface area contributed by atoms with Gasteiger partial charge in [-0.25, -0.2) is 8.42 Å². The Morgan fingerprint density at radius 3 is 2.60 bits per heavy atom. The SMILES string of the molecule is CC1(C)[C@@H]2CC[C@]13CS(=O)(=O)N(F)[C@@H]3C2. The zero-order valence-corrected chi connectivity index (χ0v) is 9.85. The summed E-state index contributed by atoms with van der Waals surface area (Å²) in [6, 6.07) is -0.378. The van der Waals surface area contributed by atoms with Crippen molar-refractivity contribution in [3.8, 4) is 0 Å². The molecule has 3 nitrogen and oxygen atoms in total. The maximum Gasteiger partial charge on any atom is 0.241 e. The maximum absolute atomic E-state index is 13.7. The lowest BCUT2D eigenvalue weighted by atomic mass is 9.69. The van der Waals surface area contributed by atoms with Crippen LogP contribution in [0.4, 0.5) is 4.48 Å². The van der Waals surface area contributed by atoms with Crippen LogP contribution in [0, 0.1) is 16.7 Å². The van der Waals surface area contributed by atoms with Gasteiger partial charge in [0.25, 0.3) is 0 Å². The number of hydrogen-bond acceptors (Lipinski definition) is 2. The van der Waals surface area contributed by atoms with E-state index in [1.54, 1.807) is 0 Å². The molecule has 86 valence electrons. The van der Waals surface area contributed by atoms with Gasteiger partial charge >= 0.3 is 0 Å². The van der Waals surface area contributed by atoms with Crippen LogP contribution in [-0.2, 0) is 10.0 Å². The quantitative estimate of drug-likeness (QED) is 0.597. The van der Waals surface area contributed by atoms with Gasteiger partial charge in [0.1, 0.15) is 0 Å². The highest BCUT2D eigenvalue weighted by Crippen LogP contribution is 2.69. The Hall–Kier alpha value is -0.160. The first-order chi connectivity index (χ1) is 6.81. The van der Waals surface area contributed by atoms with E-state index >= 15 is 0 Å². The van der Waals surface area contributed by atoms with Crippen LogP contribution in [0.2, 0.25) is 0 Å². The summed E-state index contributed by atoms with van der Waals surface area (Å²) in [6.45, 7) is 4.22. The van der Waals surface area contributed by atoms with E-state index in [9.17, 15) is 12.9 Å². The molecular weight excluding hydrogens is 217 g/mol. The Kier molecular flexibility index (Phi) is 1.60. The summed E-state index contributed by atoms with van der Waals surface area (Å²) in [4.78, 5) is 0. The summed E-state index contributed by atoms with van der Waals surface area (Å²) >= 11 is 0. The molecule has 2 bridgehead atoms. The highest BCUT2D eigenvalue weighted by Gasteiger charge is 2.72. The van der Waals surface area contributed by atoms with Crippen molar-refractivity contribution in [1.82, 2.24) is 4.53 Å². The van der Waals surface area contributed by atoms with E-state index in [-0.39, 0.29) is 27.2 Å². The average molecular weight is 233 g/mol. The molecule has 2 saturated carbocycles. The minimum atomic E-state index is -3.63. The Morgan fingerprint density at radius 2 is 2.07 bits per heavy atom. The fourth-order valence-electron chi connectivity index (χ4n) is 4.24. The summed E-state index contributed by atoms with van der Waals surface area (Å²) < 4.78 is 37.1. The van der Waals surface area contributed by atoms with Crippen LogP contribution in [0.1, 0.15) is 33.1 Å². The van der Waals surface area contributed by atoms with Crippen molar-refractivity contribution in [2.45, 2.75) is 39.2 Å². The van der Waals surface area contributed by atoms with E-state index in [0.717, 1.165) is 12.8 Å². The first-order valence-corrected chi connectivity index (χ1v) is 7.10. The predicted molar refractivity (Wildman–Crippen MR) is 54.1 cm³/mol. The second-order valence-corrected chi connectivity index (χ2v) is 7.66. The van der Waals surface area contributed by atoms with Crippen LogP contribution >= 0.6 is 0 Å². The van der Waals surface area contributed by atoms with Crippen LogP contribution in [0.15, 0.2) is 0 Å². The summed E-state index contributed by atoms with van der Waals surface area (Å²) in [5.41, 5.74) is -0.336. The van der Waals surface area contributed by atoms with E-state index in [0.29, 0.717) is 12.3 Å². The van der Waals surface area contributed by atoms with Gasteiger partial charge in [0.05, 0.1) is 11.8 Å². The molecule has 0 N–H and O–H groups in total. The second kappa shape index (κ2) is 2.40. The van der Waals surface area contributed by atoms with Crippen LogP contribution in [-0.4, -0.2) is 24.7 Å². The van der Waals surface area contributed by atoms with E-state index in [2.05, 4.69) is 13.8 Å². The van der Waals surface area contributed by atoms with E-state index in [4.69, 9.17) is 0 Å². The van der Waals surface area contributed by atoms with Gasteiger partial charge in [0, 0.05) is 5.41 Å². The fraction of sp³-hybridized carbons (Fsp3) is 1.00. The van der Waals surface area contributed by atoms with E-state index in [1.807, 2.05) is 0 Å². The first-order valence-electron chi connectivity index (χ1n) is 5.49. The molecule has 1 aliphatic heterocycles. The van der Waals surface area contributed by atoms with Gasteiger partial charge in [-0.2, -0.15) is 0 Å². The summed E-state index contributed by atoms with van der Waals surface area (Å²) in [7, 11) is -3.63. The molecule has 15 heavy (non-hydrogen) atoms. The van der Waals surface area contributed by atoms with E-state index < -0.39 is 10.0 Å². The van der Waals surface area contributed by atoms with Gasteiger partial charge < -0.3 is 0 Å². The first kappa shape index (κ1) is 10.0. The molecule has 0 aromatic heterocycles. The van der Waals surface area contributed by atoms with Crippen molar-refractivity contribution in [3.63, 3.8) is 0 Å². The Labute approximate surface area is 89.6 Å². The molecule has 1 spiro atoms. The summed E-state index contributed by atoms with van der Waals surface area (Å²) in [5, 5.41) is 0. The number of rotatable bonds is 0. The molecule has 1 heterocycles. The third-order valence-corrected chi connectivity index (χ3v) is 7.01. The fourth-order valence-corrected chi connectivity index (χ4v) is 6.40. The lowest BCUT2D eigenvalue weighted by Crippen LogP contribution is -2.39. The number of fused-ring (bicyclic) bond motifs is 1. The molecule has 1 saturated heterocycles. The van der Waals surface area contributed by atoms with Crippen LogP contribution in [0.25, 0.3) is 0 Å². The van der Waals surface area contributed by atoms with Crippen molar-refractivity contribution in [3.05, 3.63) is 0 Å². The predicted octanol–water partition coefficient (Wildman–Crippen LogP) is 1.71. The molecule has 5 heteroatoms. The zero-order valence-electron chi connectivity index (χ0n) is 9.03. The average Bonchev–Trinajstić information content (AvgIpc) is 2.56. The minimum absolute atomic E-state index is 0.0185. The van der Waals surface area contributed by atoms with Gasteiger partial charge in [-0.3, -0.25) is 0 Å². The number of halogens is 1. The van der Waals surface area contributed by atoms with Crippen molar-refractivity contribution in [2.24, 2.45) is 16.7 Å². The van der Waals surface area contributed by atoms with Crippen molar-refractivity contribution in [1.29, 1.82) is 0 Å². The summed E-state index contributed by atoms with van der Waals surface area (Å²) in [6.07, 6.45) is 2.64. The Morgan fingerprint density at radius 1 is 1.40 bits per heavy atom. The normalized spacial score (nSPS) is 50.9. The molecule has 3 atom stereocenters. The molecule has 0 radical (unpaired) electrons. The smallest absolute Gasteiger partial charge is 0.210 e. The van der Waals surface area contributed by atoms with Crippen molar-refractivity contribution >= 4 is 10.0 Å². The molecule has 2 aliphatic carbocycles. The molecule has 3 rings (SSSR count).